The van der Waals surface area contributed by atoms with Crippen LogP contribution in [0.2, 0.25) is 0 Å². The van der Waals surface area contributed by atoms with E-state index in [-0.39, 0.29) is 17.6 Å². The first kappa shape index (κ1) is 13.8. The van der Waals surface area contributed by atoms with Crippen LogP contribution < -0.4 is 10.6 Å². The van der Waals surface area contributed by atoms with E-state index >= 15 is 0 Å². The molecule has 1 atom stereocenters. The molecule has 1 aromatic heterocycles. The molecule has 0 aromatic carbocycles. The Kier molecular flexibility index (Phi) is 4.74. The lowest BCUT2D eigenvalue weighted by Gasteiger charge is -2.19. The molecule has 0 radical (unpaired) electrons. The second kappa shape index (κ2) is 5.86. The zero-order chi connectivity index (χ0) is 13.0. The van der Waals surface area contributed by atoms with Crippen LogP contribution in [0.1, 0.15) is 24.4 Å². The molecule has 2 amide bonds. The van der Waals surface area contributed by atoms with Gasteiger partial charge in [-0.25, -0.2) is 0 Å². The number of rotatable bonds is 4. The molecule has 1 aromatic rings. The quantitative estimate of drug-likeness (QED) is 0.886. The largest absolute Gasteiger partial charge is 0.444 e. The standard InChI is InChI=1S/C11H15BrN2O3/c1-6(2)9(11(16)13-3)14-10(15)7-4-5-8(12)17-7/h4-6,9H,1-3H3,(H,13,16)(H,14,15)/t9-/m0/s1. The molecule has 0 bridgehead atoms. The van der Waals surface area contributed by atoms with Crippen molar-refractivity contribution in [1.29, 1.82) is 0 Å². The Morgan fingerprint density at radius 2 is 2.00 bits per heavy atom. The Morgan fingerprint density at radius 3 is 2.41 bits per heavy atom. The van der Waals surface area contributed by atoms with Crippen LogP contribution in [-0.2, 0) is 4.79 Å². The van der Waals surface area contributed by atoms with Crippen molar-refractivity contribution in [1.82, 2.24) is 10.6 Å². The van der Waals surface area contributed by atoms with Crippen molar-refractivity contribution in [2.75, 3.05) is 7.05 Å². The molecule has 0 fully saturated rings. The molecule has 0 aliphatic rings. The monoisotopic (exact) mass is 302 g/mol. The highest BCUT2D eigenvalue weighted by molar-refractivity contribution is 9.10. The lowest BCUT2D eigenvalue weighted by molar-refractivity contribution is -0.123. The number of hydrogen-bond acceptors (Lipinski definition) is 3. The van der Waals surface area contributed by atoms with E-state index in [2.05, 4.69) is 26.6 Å². The normalized spacial score (nSPS) is 12.3. The number of hydrogen-bond donors (Lipinski definition) is 2. The van der Waals surface area contributed by atoms with Gasteiger partial charge in [0, 0.05) is 7.05 Å². The molecule has 5 nitrogen and oxygen atoms in total. The third kappa shape index (κ3) is 3.59. The lowest BCUT2D eigenvalue weighted by atomic mass is 10.0. The average Bonchev–Trinajstić information content (AvgIpc) is 2.71. The van der Waals surface area contributed by atoms with Crippen LogP contribution in [0, 0.1) is 5.92 Å². The minimum atomic E-state index is -0.573. The van der Waals surface area contributed by atoms with Crippen LogP contribution in [0.25, 0.3) is 0 Å². The number of halogens is 1. The van der Waals surface area contributed by atoms with Crippen LogP contribution >= 0.6 is 15.9 Å². The summed E-state index contributed by atoms with van der Waals surface area (Å²) in [6, 6.07) is 2.59. The summed E-state index contributed by atoms with van der Waals surface area (Å²) in [6.45, 7) is 3.72. The highest BCUT2D eigenvalue weighted by Crippen LogP contribution is 2.14. The first-order valence-electron chi connectivity index (χ1n) is 5.23. The van der Waals surface area contributed by atoms with Crippen LogP contribution in [-0.4, -0.2) is 24.9 Å². The van der Waals surface area contributed by atoms with Crippen molar-refractivity contribution < 1.29 is 14.0 Å². The third-order valence-electron chi connectivity index (χ3n) is 2.28. The Labute approximate surface area is 108 Å². The van der Waals surface area contributed by atoms with Gasteiger partial charge in [-0.1, -0.05) is 13.8 Å². The van der Waals surface area contributed by atoms with E-state index in [4.69, 9.17) is 4.42 Å². The van der Waals surface area contributed by atoms with Gasteiger partial charge >= 0.3 is 0 Å². The van der Waals surface area contributed by atoms with Gasteiger partial charge in [0.15, 0.2) is 10.4 Å². The highest BCUT2D eigenvalue weighted by atomic mass is 79.9. The van der Waals surface area contributed by atoms with E-state index in [9.17, 15) is 9.59 Å². The van der Waals surface area contributed by atoms with E-state index in [1.165, 1.54) is 7.05 Å². The Morgan fingerprint density at radius 1 is 1.35 bits per heavy atom. The van der Waals surface area contributed by atoms with Crippen LogP contribution in [0.5, 0.6) is 0 Å². The molecule has 1 heterocycles. The lowest BCUT2D eigenvalue weighted by Crippen LogP contribution is -2.48. The maximum Gasteiger partial charge on any atom is 0.287 e. The smallest absolute Gasteiger partial charge is 0.287 e. The molecule has 0 aliphatic carbocycles. The number of amides is 2. The van der Waals surface area contributed by atoms with Crippen LogP contribution in [0.4, 0.5) is 0 Å². The zero-order valence-electron chi connectivity index (χ0n) is 9.91. The van der Waals surface area contributed by atoms with Gasteiger partial charge in [0.25, 0.3) is 5.91 Å². The van der Waals surface area contributed by atoms with Gasteiger partial charge in [-0.05, 0) is 34.0 Å². The molecule has 0 saturated carbocycles. The SMILES string of the molecule is CNC(=O)[C@@H](NC(=O)c1ccc(Br)o1)C(C)C. The molecule has 6 heteroatoms. The third-order valence-corrected chi connectivity index (χ3v) is 2.71. The minimum absolute atomic E-state index is 0.00250. The fourth-order valence-electron chi connectivity index (χ4n) is 1.34. The molecular weight excluding hydrogens is 288 g/mol. The summed E-state index contributed by atoms with van der Waals surface area (Å²) in [4.78, 5) is 23.3. The van der Waals surface area contributed by atoms with Gasteiger partial charge in [0.1, 0.15) is 6.04 Å². The molecular formula is C11H15BrN2O3. The Bertz CT molecular complexity index is 415. The average molecular weight is 303 g/mol. The number of carbonyl (C=O) groups excluding carboxylic acids is 2. The maximum atomic E-state index is 11.8. The molecule has 0 spiro atoms. The van der Waals surface area contributed by atoms with E-state index < -0.39 is 11.9 Å². The molecule has 0 unspecified atom stereocenters. The van der Waals surface area contributed by atoms with Crippen LogP contribution in [0.3, 0.4) is 0 Å². The number of furan rings is 1. The molecule has 17 heavy (non-hydrogen) atoms. The number of likely N-dealkylation sites (N-methyl/N-ethyl adjacent to an activating group) is 1. The maximum absolute atomic E-state index is 11.8. The summed E-state index contributed by atoms with van der Waals surface area (Å²) < 4.78 is 5.59. The summed E-state index contributed by atoms with van der Waals surface area (Å²) in [5.74, 6) is -0.458. The fourth-order valence-corrected chi connectivity index (χ4v) is 1.65. The molecule has 0 aliphatic heterocycles. The van der Waals surface area contributed by atoms with Crippen LogP contribution in [0.15, 0.2) is 21.2 Å². The van der Waals surface area contributed by atoms with E-state index in [1.54, 1.807) is 12.1 Å². The van der Waals surface area contributed by atoms with Gasteiger partial charge in [0.2, 0.25) is 5.91 Å². The van der Waals surface area contributed by atoms with E-state index in [1.807, 2.05) is 13.8 Å². The Balaban J connectivity index is 2.74. The summed E-state index contributed by atoms with van der Waals surface area (Å²) in [5, 5.41) is 5.15. The summed E-state index contributed by atoms with van der Waals surface area (Å²) in [5.41, 5.74) is 0. The first-order valence-corrected chi connectivity index (χ1v) is 6.02. The van der Waals surface area contributed by atoms with E-state index in [0.717, 1.165) is 0 Å². The summed E-state index contributed by atoms with van der Waals surface area (Å²) in [6.07, 6.45) is 0. The van der Waals surface area contributed by atoms with Crippen molar-refractivity contribution in [2.24, 2.45) is 5.92 Å². The second-order valence-corrected chi connectivity index (χ2v) is 4.69. The van der Waals surface area contributed by atoms with Crippen molar-refractivity contribution in [3.63, 3.8) is 0 Å². The van der Waals surface area contributed by atoms with Gasteiger partial charge in [-0.15, -0.1) is 0 Å². The predicted octanol–water partition coefficient (Wildman–Crippen LogP) is 1.54. The molecule has 1 rings (SSSR count). The van der Waals surface area contributed by atoms with Crippen molar-refractivity contribution in [3.8, 4) is 0 Å². The van der Waals surface area contributed by atoms with Gasteiger partial charge < -0.3 is 15.1 Å². The topological polar surface area (TPSA) is 71.3 Å². The summed E-state index contributed by atoms with van der Waals surface area (Å²) >= 11 is 3.11. The molecule has 2 N–H and O–H groups in total. The molecule has 0 saturated heterocycles. The van der Waals surface area contributed by atoms with Crippen molar-refractivity contribution in [3.05, 3.63) is 22.6 Å². The fraction of sp³-hybridized carbons (Fsp3) is 0.455. The van der Waals surface area contributed by atoms with Crippen molar-refractivity contribution >= 4 is 27.7 Å². The number of carbonyl (C=O) groups is 2. The highest BCUT2D eigenvalue weighted by Gasteiger charge is 2.24. The summed E-state index contributed by atoms with van der Waals surface area (Å²) in [7, 11) is 1.54. The Hall–Kier alpha value is -1.30. The van der Waals surface area contributed by atoms with Gasteiger partial charge in [-0.3, -0.25) is 9.59 Å². The predicted molar refractivity (Wildman–Crippen MR) is 66.6 cm³/mol. The van der Waals surface area contributed by atoms with Gasteiger partial charge in [0.05, 0.1) is 0 Å². The first-order chi connectivity index (χ1) is 7.95. The second-order valence-electron chi connectivity index (χ2n) is 3.91. The zero-order valence-corrected chi connectivity index (χ0v) is 11.5. The van der Waals surface area contributed by atoms with E-state index in [0.29, 0.717) is 4.67 Å². The number of nitrogens with one attached hydrogen (secondary N) is 2. The van der Waals surface area contributed by atoms with Gasteiger partial charge in [-0.2, -0.15) is 0 Å². The minimum Gasteiger partial charge on any atom is -0.444 e. The van der Waals surface area contributed by atoms with Crippen molar-refractivity contribution in [2.45, 2.75) is 19.9 Å². The molecule has 94 valence electrons.